The van der Waals surface area contributed by atoms with Gasteiger partial charge in [-0.2, -0.15) is 5.10 Å². The minimum atomic E-state index is -2.76. The van der Waals surface area contributed by atoms with Crippen molar-refractivity contribution in [3.05, 3.63) is 72.2 Å². The van der Waals surface area contributed by atoms with Crippen molar-refractivity contribution >= 4 is 29.1 Å². The third kappa shape index (κ3) is 6.03. The van der Waals surface area contributed by atoms with Crippen LogP contribution in [-0.4, -0.2) is 69.5 Å². The highest BCUT2D eigenvalue weighted by Gasteiger charge is 2.20. The SMILES string of the molecule is [2H]C([2H])([2H])NC(=O)c1nnc(NC(=O)N(C)CCc2ccccc2)cc1Nc1cccc(-c2ncn(C)n2)c1OC. The summed E-state index contributed by atoms with van der Waals surface area (Å²) in [4.78, 5) is 31.4. The third-order valence-corrected chi connectivity index (χ3v) is 5.61. The fraction of sp³-hybridized carbons (Fsp3) is 0.231. The van der Waals surface area contributed by atoms with E-state index in [1.54, 1.807) is 43.3 Å². The fourth-order valence-electron chi connectivity index (χ4n) is 3.66. The molecule has 4 aromatic rings. The van der Waals surface area contributed by atoms with Gasteiger partial charge >= 0.3 is 6.03 Å². The van der Waals surface area contributed by atoms with Gasteiger partial charge < -0.3 is 20.3 Å². The largest absolute Gasteiger partial charge is 0.494 e. The molecule has 0 fully saturated rings. The van der Waals surface area contributed by atoms with Gasteiger partial charge in [0.15, 0.2) is 23.1 Å². The molecule has 3 amide bonds. The van der Waals surface area contributed by atoms with E-state index in [1.165, 1.54) is 18.1 Å². The molecule has 2 heterocycles. The smallest absolute Gasteiger partial charge is 0.322 e. The van der Waals surface area contributed by atoms with E-state index in [0.717, 1.165) is 5.56 Å². The van der Waals surface area contributed by atoms with Crippen LogP contribution in [0.3, 0.4) is 0 Å². The number of rotatable bonds is 9. The minimum Gasteiger partial charge on any atom is -0.494 e. The third-order valence-electron chi connectivity index (χ3n) is 5.61. The van der Waals surface area contributed by atoms with Gasteiger partial charge in [0.2, 0.25) is 0 Å². The number of nitrogens with one attached hydrogen (secondary N) is 3. The maximum absolute atomic E-state index is 12.9. The summed E-state index contributed by atoms with van der Waals surface area (Å²) in [6.07, 6.45) is 2.20. The average molecular weight is 519 g/mol. The lowest BCUT2D eigenvalue weighted by Gasteiger charge is -2.19. The average Bonchev–Trinajstić information content (AvgIpc) is 3.37. The lowest BCUT2D eigenvalue weighted by Crippen LogP contribution is -2.33. The summed E-state index contributed by atoms with van der Waals surface area (Å²) in [6, 6.07) is 15.9. The zero-order valence-corrected chi connectivity index (χ0v) is 21.1. The molecule has 12 heteroatoms. The Morgan fingerprint density at radius 2 is 1.92 bits per heavy atom. The van der Waals surface area contributed by atoms with E-state index in [4.69, 9.17) is 8.85 Å². The van der Waals surface area contributed by atoms with E-state index in [0.29, 0.717) is 35.8 Å². The van der Waals surface area contributed by atoms with Crippen LogP contribution in [0.4, 0.5) is 22.0 Å². The summed E-state index contributed by atoms with van der Waals surface area (Å²) in [5, 5.41) is 19.8. The molecule has 196 valence electrons. The Kier molecular flexibility index (Phi) is 6.91. The summed E-state index contributed by atoms with van der Waals surface area (Å²) in [7, 11) is 4.85. The zero-order valence-electron chi connectivity index (χ0n) is 24.1. The van der Waals surface area contributed by atoms with Crippen molar-refractivity contribution in [3.8, 4) is 17.1 Å². The van der Waals surface area contributed by atoms with Crippen molar-refractivity contribution in [1.82, 2.24) is 35.2 Å². The second-order valence-electron chi connectivity index (χ2n) is 8.29. The van der Waals surface area contributed by atoms with Gasteiger partial charge in [0, 0.05) is 37.8 Å². The predicted octanol–water partition coefficient (Wildman–Crippen LogP) is 3.09. The number of carbonyl (C=O) groups is 2. The van der Waals surface area contributed by atoms with Crippen LogP contribution >= 0.6 is 0 Å². The molecule has 12 nitrogen and oxygen atoms in total. The van der Waals surface area contributed by atoms with Gasteiger partial charge in [-0.05, 0) is 24.1 Å². The Morgan fingerprint density at radius 1 is 1.11 bits per heavy atom. The van der Waals surface area contributed by atoms with E-state index in [2.05, 4.69) is 30.9 Å². The number of aromatic nitrogens is 5. The number of aryl methyl sites for hydroxylation is 1. The summed E-state index contributed by atoms with van der Waals surface area (Å²) >= 11 is 0. The quantitative estimate of drug-likeness (QED) is 0.307. The fourth-order valence-corrected chi connectivity index (χ4v) is 3.66. The van der Waals surface area contributed by atoms with Crippen molar-refractivity contribution < 1.29 is 18.4 Å². The Balaban J connectivity index is 1.62. The summed E-state index contributed by atoms with van der Waals surface area (Å²) < 4.78 is 29.4. The number of urea groups is 1. The number of amides is 3. The molecule has 0 unspecified atom stereocenters. The Bertz CT molecular complexity index is 1530. The molecule has 0 saturated heterocycles. The number of methoxy groups -OCH3 is 1. The topological polar surface area (TPSA) is 139 Å². The Morgan fingerprint density at radius 3 is 2.63 bits per heavy atom. The summed E-state index contributed by atoms with van der Waals surface area (Å²) in [5.74, 6) is -0.174. The number of anilines is 3. The van der Waals surface area contributed by atoms with E-state index in [9.17, 15) is 9.59 Å². The molecule has 0 bridgehead atoms. The Hall–Kier alpha value is -5.00. The lowest BCUT2D eigenvalue weighted by atomic mass is 10.1. The number of nitrogens with zero attached hydrogens (tertiary/aromatic N) is 6. The van der Waals surface area contributed by atoms with Crippen molar-refractivity contribution in [2.24, 2.45) is 7.05 Å². The van der Waals surface area contributed by atoms with Crippen LogP contribution in [0.15, 0.2) is 60.9 Å². The first-order valence-corrected chi connectivity index (χ1v) is 11.6. The van der Waals surface area contributed by atoms with Gasteiger partial charge in [-0.1, -0.05) is 36.4 Å². The van der Waals surface area contributed by atoms with Crippen molar-refractivity contribution in [2.45, 2.75) is 6.42 Å². The molecule has 4 rings (SSSR count). The van der Waals surface area contributed by atoms with Gasteiger partial charge in [-0.15, -0.1) is 10.2 Å². The number of para-hydroxylation sites is 1. The van der Waals surface area contributed by atoms with Crippen LogP contribution in [-0.2, 0) is 13.5 Å². The van der Waals surface area contributed by atoms with E-state index < -0.39 is 18.9 Å². The number of likely N-dealkylation sites (N-methyl/N-ethyl adjacent to an activating group) is 1. The van der Waals surface area contributed by atoms with E-state index in [1.807, 2.05) is 35.6 Å². The molecule has 2 aromatic carbocycles. The first kappa shape index (κ1) is 22.2. The molecule has 3 N–H and O–H groups in total. The van der Waals surface area contributed by atoms with E-state index in [-0.39, 0.29) is 17.2 Å². The molecule has 38 heavy (non-hydrogen) atoms. The number of hydrogen-bond donors (Lipinski definition) is 3. The standard InChI is InChI=1S/C26H29N9O3/c1-27-25(36)22-20(29-19-12-8-11-18(23(19)38-4)24-28-16-35(3)33-24)15-21(31-32-22)30-26(37)34(2)14-13-17-9-6-5-7-10-17/h5-12,15-16H,13-14H2,1-4H3,(H,27,36)(H2,29,30,31,37)/i1D3. The number of carbonyl (C=O) groups excluding carboxylic acids is 2. The van der Waals surface area contributed by atoms with Crippen LogP contribution in [0.2, 0.25) is 0 Å². The maximum Gasteiger partial charge on any atom is 0.322 e. The molecule has 0 radical (unpaired) electrons. The monoisotopic (exact) mass is 518 g/mol. The van der Waals surface area contributed by atoms with Gasteiger partial charge in [-0.3, -0.25) is 14.8 Å². The summed E-state index contributed by atoms with van der Waals surface area (Å²) in [6.45, 7) is -2.31. The lowest BCUT2D eigenvalue weighted by molar-refractivity contribution is 0.0958. The Labute approximate surface area is 224 Å². The number of hydrogen-bond acceptors (Lipinski definition) is 8. The molecule has 0 saturated carbocycles. The van der Waals surface area contributed by atoms with Crippen molar-refractivity contribution in [3.63, 3.8) is 0 Å². The maximum atomic E-state index is 12.9. The molecular weight excluding hydrogens is 486 g/mol. The highest BCUT2D eigenvalue weighted by Crippen LogP contribution is 2.37. The van der Waals surface area contributed by atoms with Gasteiger partial charge in [0.05, 0.1) is 24.0 Å². The van der Waals surface area contributed by atoms with Crippen LogP contribution < -0.4 is 20.7 Å². The minimum absolute atomic E-state index is 0.0380. The first-order valence-electron chi connectivity index (χ1n) is 13.1. The van der Waals surface area contributed by atoms with Crippen LogP contribution in [0.25, 0.3) is 11.4 Å². The molecule has 2 aromatic heterocycles. The summed E-state index contributed by atoms with van der Waals surface area (Å²) in [5.41, 5.74) is 1.83. The van der Waals surface area contributed by atoms with Crippen molar-refractivity contribution in [1.29, 1.82) is 0 Å². The highest BCUT2D eigenvalue weighted by atomic mass is 16.5. The van der Waals surface area contributed by atoms with Gasteiger partial charge in [0.25, 0.3) is 5.91 Å². The molecule has 0 aliphatic heterocycles. The molecule has 0 aliphatic rings. The van der Waals surface area contributed by atoms with Crippen LogP contribution in [0, 0.1) is 0 Å². The second-order valence-corrected chi connectivity index (χ2v) is 8.29. The van der Waals surface area contributed by atoms with Crippen LogP contribution in [0.1, 0.15) is 20.2 Å². The van der Waals surface area contributed by atoms with Crippen molar-refractivity contribution in [2.75, 3.05) is 38.3 Å². The predicted molar refractivity (Wildman–Crippen MR) is 143 cm³/mol. The first-order chi connectivity index (χ1) is 19.5. The van der Waals surface area contributed by atoms with Gasteiger partial charge in [0.1, 0.15) is 6.33 Å². The normalized spacial score (nSPS) is 12.0. The number of benzene rings is 2. The highest BCUT2D eigenvalue weighted by molar-refractivity contribution is 5.99. The molecule has 0 atom stereocenters. The zero-order chi connectivity index (χ0) is 29.6. The molecule has 0 aliphatic carbocycles. The molecular formula is C26H29N9O3. The molecule has 0 spiro atoms. The number of ether oxygens (including phenoxy) is 1. The second kappa shape index (κ2) is 11.8. The van der Waals surface area contributed by atoms with Crippen LogP contribution in [0.5, 0.6) is 5.75 Å². The van der Waals surface area contributed by atoms with Gasteiger partial charge in [-0.25, -0.2) is 9.78 Å². The van der Waals surface area contributed by atoms with E-state index >= 15 is 0 Å².